The molecule has 0 atom stereocenters. The maximum atomic E-state index is 12.2. The van der Waals surface area contributed by atoms with Crippen molar-refractivity contribution < 1.29 is 4.79 Å². The lowest BCUT2D eigenvalue weighted by Gasteiger charge is -2.14. The zero-order chi connectivity index (χ0) is 14.4. The van der Waals surface area contributed by atoms with E-state index in [9.17, 15) is 9.59 Å². The highest BCUT2D eigenvalue weighted by Gasteiger charge is 2.33. The first-order chi connectivity index (χ1) is 10.2. The van der Waals surface area contributed by atoms with Crippen molar-refractivity contribution in [3.8, 4) is 0 Å². The van der Waals surface area contributed by atoms with Crippen molar-refractivity contribution >= 4 is 11.7 Å². The van der Waals surface area contributed by atoms with Crippen molar-refractivity contribution in [2.45, 2.75) is 25.7 Å². The van der Waals surface area contributed by atoms with E-state index < -0.39 is 0 Å². The summed E-state index contributed by atoms with van der Waals surface area (Å²) in [7, 11) is 0. The monoisotopic (exact) mass is 281 g/mol. The first-order valence-corrected chi connectivity index (χ1v) is 7.21. The Kier molecular flexibility index (Phi) is 2.67. The third kappa shape index (κ3) is 2.14. The van der Waals surface area contributed by atoms with Crippen LogP contribution in [0, 0.1) is 5.92 Å². The van der Waals surface area contributed by atoms with E-state index in [1.54, 1.807) is 0 Å². The quantitative estimate of drug-likeness (QED) is 0.936. The van der Waals surface area contributed by atoms with E-state index in [2.05, 4.69) is 10.1 Å². The average Bonchev–Trinajstić information content (AvgIpc) is 3.28. The number of rotatable bonds is 3. The molecule has 0 radical (unpaired) electrons. The molecule has 2 heterocycles. The molecule has 21 heavy (non-hydrogen) atoms. The van der Waals surface area contributed by atoms with Crippen LogP contribution in [0.1, 0.15) is 29.7 Å². The first kappa shape index (κ1) is 12.3. The molecule has 1 saturated carbocycles. The number of nitrogens with one attached hydrogen (secondary N) is 1. The molecule has 1 N–H and O–H groups in total. The van der Waals surface area contributed by atoms with Crippen LogP contribution in [-0.4, -0.2) is 21.5 Å². The van der Waals surface area contributed by atoms with Gasteiger partial charge in [0.25, 0.3) is 5.56 Å². The molecule has 4 rings (SSSR count). The summed E-state index contributed by atoms with van der Waals surface area (Å²) in [5.41, 5.74) is 3.29. The fourth-order valence-electron chi connectivity index (χ4n) is 2.87. The molecule has 1 aliphatic heterocycles. The number of aromatic amines is 1. The zero-order valence-electron chi connectivity index (χ0n) is 11.5. The molecule has 5 nitrogen and oxygen atoms in total. The van der Waals surface area contributed by atoms with Gasteiger partial charge in [0.05, 0.1) is 5.69 Å². The number of fused-ring (bicyclic) bond motifs is 1. The summed E-state index contributed by atoms with van der Waals surface area (Å²) in [6, 6.07) is 9.47. The van der Waals surface area contributed by atoms with Crippen LogP contribution in [0.2, 0.25) is 0 Å². The molecule has 106 valence electrons. The highest BCUT2D eigenvalue weighted by atomic mass is 16.2. The molecule has 5 heteroatoms. The predicted octanol–water partition coefficient (Wildman–Crippen LogP) is 2.14. The van der Waals surface area contributed by atoms with Gasteiger partial charge in [-0.05, 0) is 24.3 Å². The number of carbonyl (C=O) groups is 1. The second-order valence-corrected chi connectivity index (χ2v) is 5.70. The molecule has 1 aliphatic carbocycles. The van der Waals surface area contributed by atoms with Crippen LogP contribution in [-0.2, 0) is 12.8 Å². The SMILES string of the molecule is O=C1N=C(C2CC2)Cc2c(Cc3ccccc3)c(=O)[nH]n21. The Balaban J connectivity index is 1.74. The third-order valence-electron chi connectivity index (χ3n) is 4.16. The van der Waals surface area contributed by atoms with E-state index in [0.29, 0.717) is 24.3 Å². The van der Waals surface area contributed by atoms with Crippen LogP contribution in [0.4, 0.5) is 4.79 Å². The van der Waals surface area contributed by atoms with Crippen LogP contribution in [0.25, 0.3) is 0 Å². The minimum atomic E-state index is -0.366. The van der Waals surface area contributed by atoms with E-state index in [-0.39, 0.29) is 11.6 Å². The van der Waals surface area contributed by atoms with Crippen molar-refractivity contribution in [1.29, 1.82) is 0 Å². The number of amides is 1. The lowest BCUT2D eigenvalue weighted by atomic mass is 10.0. The fourth-order valence-corrected chi connectivity index (χ4v) is 2.87. The van der Waals surface area contributed by atoms with Crippen molar-refractivity contribution in [3.05, 3.63) is 57.5 Å². The Bertz CT molecular complexity index is 795. The van der Waals surface area contributed by atoms with Gasteiger partial charge < -0.3 is 0 Å². The molecule has 2 aromatic rings. The maximum absolute atomic E-state index is 12.2. The average molecular weight is 281 g/mol. The molecule has 1 amide bonds. The Morgan fingerprint density at radius 2 is 1.95 bits per heavy atom. The number of aromatic nitrogens is 2. The molecule has 2 aliphatic rings. The summed E-state index contributed by atoms with van der Waals surface area (Å²) in [6.45, 7) is 0. The first-order valence-electron chi connectivity index (χ1n) is 7.21. The van der Waals surface area contributed by atoms with E-state index in [4.69, 9.17) is 0 Å². The number of hydrogen-bond acceptors (Lipinski definition) is 2. The van der Waals surface area contributed by atoms with E-state index >= 15 is 0 Å². The van der Waals surface area contributed by atoms with E-state index in [1.807, 2.05) is 30.3 Å². The summed E-state index contributed by atoms with van der Waals surface area (Å²) in [5.74, 6) is 0.442. The lowest BCUT2D eigenvalue weighted by Crippen LogP contribution is -2.24. The van der Waals surface area contributed by atoms with Gasteiger partial charge in [-0.25, -0.2) is 14.5 Å². The Morgan fingerprint density at radius 1 is 1.19 bits per heavy atom. The van der Waals surface area contributed by atoms with Crippen molar-refractivity contribution in [1.82, 2.24) is 9.78 Å². The van der Waals surface area contributed by atoms with Gasteiger partial charge in [-0.15, -0.1) is 0 Å². The standard InChI is InChI=1S/C16H15N3O2/c20-15-12(8-10-4-2-1-3-5-10)14-9-13(11-6-7-11)17-16(21)19(14)18-15/h1-5,11H,6-9H2,(H,18,20). The van der Waals surface area contributed by atoms with Crippen molar-refractivity contribution in [2.24, 2.45) is 10.9 Å². The van der Waals surface area contributed by atoms with Gasteiger partial charge in [0.2, 0.25) is 0 Å². The Hall–Kier alpha value is -2.43. The second-order valence-electron chi connectivity index (χ2n) is 5.70. The van der Waals surface area contributed by atoms with Gasteiger partial charge in [0.1, 0.15) is 0 Å². The lowest BCUT2D eigenvalue weighted by molar-refractivity contribution is 0.246. The number of benzene rings is 1. The van der Waals surface area contributed by atoms with Crippen LogP contribution >= 0.6 is 0 Å². The second kappa shape index (κ2) is 4.55. The third-order valence-corrected chi connectivity index (χ3v) is 4.16. The number of carbonyl (C=O) groups excluding carboxylic acids is 1. The van der Waals surface area contributed by atoms with Crippen LogP contribution in [0.3, 0.4) is 0 Å². The summed E-state index contributed by atoms with van der Waals surface area (Å²) in [6.07, 6.45) is 3.37. The van der Waals surface area contributed by atoms with Gasteiger partial charge in [0.15, 0.2) is 0 Å². The maximum Gasteiger partial charge on any atom is 0.366 e. The van der Waals surface area contributed by atoms with Gasteiger partial charge >= 0.3 is 6.03 Å². The number of nitrogens with zero attached hydrogens (tertiary/aromatic N) is 2. The topological polar surface area (TPSA) is 67.2 Å². The predicted molar refractivity (Wildman–Crippen MR) is 79.0 cm³/mol. The smallest absolute Gasteiger partial charge is 0.268 e. The number of H-pyrrole nitrogens is 1. The zero-order valence-corrected chi connectivity index (χ0v) is 11.5. The van der Waals surface area contributed by atoms with Gasteiger partial charge in [-0.3, -0.25) is 9.89 Å². The molecule has 0 unspecified atom stereocenters. The summed E-state index contributed by atoms with van der Waals surface area (Å²) in [5, 5.41) is 2.62. The largest absolute Gasteiger partial charge is 0.366 e. The molecule has 1 fully saturated rings. The minimum absolute atomic E-state index is 0.186. The number of aliphatic imine (C=N–C) groups is 1. The van der Waals surface area contributed by atoms with E-state index in [1.165, 1.54) is 4.68 Å². The van der Waals surface area contributed by atoms with Gasteiger partial charge in [0, 0.05) is 24.1 Å². The highest BCUT2D eigenvalue weighted by molar-refractivity contribution is 6.02. The van der Waals surface area contributed by atoms with Gasteiger partial charge in [-0.2, -0.15) is 0 Å². The molecular weight excluding hydrogens is 266 g/mol. The molecule has 0 bridgehead atoms. The summed E-state index contributed by atoms with van der Waals surface area (Å²) in [4.78, 5) is 28.3. The summed E-state index contributed by atoms with van der Waals surface area (Å²) >= 11 is 0. The Morgan fingerprint density at radius 3 is 2.67 bits per heavy atom. The molecule has 1 aromatic heterocycles. The molecule has 0 saturated heterocycles. The molecule has 0 spiro atoms. The van der Waals surface area contributed by atoms with Crippen LogP contribution in [0.5, 0.6) is 0 Å². The normalized spacial score (nSPS) is 17.5. The van der Waals surface area contributed by atoms with Crippen molar-refractivity contribution in [2.75, 3.05) is 0 Å². The fraction of sp³-hybridized carbons (Fsp3) is 0.312. The summed E-state index contributed by atoms with van der Waals surface area (Å²) < 4.78 is 1.31. The molecule has 1 aromatic carbocycles. The van der Waals surface area contributed by atoms with Crippen molar-refractivity contribution in [3.63, 3.8) is 0 Å². The number of hydrogen-bond donors (Lipinski definition) is 1. The van der Waals surface area contributed by atoms with Crippen LogP contribution in [0.15, 0.2) is 40.1 Å². The van der Waals surface area contributed by atoms with Gasteiger partial charge in [-0.1, -0.05) is 30.3 Å². The minimum Gasteiger partial charge on any atom is -0.268 e. The molecular formula is C16H15N3O2. The van der Waals surface area contributed by atoms with E-state index in [0.717, 1.165) is 29.8 Å². The highest BCUT2D eigenvalue weighted by Crippen LogP contribution is 2.33. The Labute approximate surface area is 121 Å². The van der Waals surface area contributed by atoms with Crippen LogP contribution < -0.4 is 5.56 Å².